The summed E-state index contributed by atoms with van der Waals surface area (Å²) in [6.07, 6.45) is 0. The molecule has 0 radical (unpaired) electrons. The zero-order valence-corrected chi connectivity index (χ0v) is 13.7. The smallest absolute Gasteiger partial charge is 0.154 e. The van der Waals surface area contributed by atoms with E-state index in [-0.39, 0.29) is 11.7 Å². The highest BCUT2D eigenvalue weighted by Gasteiger charge is 2.10. The minimum Gasteiger partial charge on any atom is -0.382 e. The second-order valence-corrected chi connectivity index (χ2v) is 5.79. The van der Waals surface area contributed by atoms with E-state index in [4.69, 9.17) is 11.6 Å². The molecule has 0 atom stereocenters. The quantitative estimate of drug-likeness (QED) is 0.213. The molecule has 0 saturated carbocycles. The summed E-state index contributed by atoms with van der Waals surface area (Å²) in [6.45, 7) is 0. The number of nitrogens with one attached hydrogen (secondary N) is 2. The Hall–Kier alpha value is -2.29. The minimum atomic E-state index is -0.289. The van der Waals surface area contributed by atoms with Crippen molar-refractivity contribution >= 4 is 29.2 Å². The summed E-state index contributed by atoms with van der Waals surface area (Å²) in [5, 5.41) is 8.40. The molecule has 0 aromatic heterocycles. The van der Waals surface area contributed by atoms with Gasteiger partial charge in [-0.2, -0.15) is 0 Å². The van der Waals surface area contributed by atoms with Gasteiger partial charge >= 0.3 is 0 Å². The van der Waals surface area contributed by atoms with Gasteiger partial charge in [-0.25, -0.2) is 15.4 Å². The molecule has 0 unspecified atom stereocenters. The summed E-state index contributed by atoms with van der Waals surface area (Å²) in [6, 6.07) is 11.8. The zero-order chi connectivity index (χ0) is 16.8. The van der Waals surface area contributed by atoms with Gasteiger partial charge in [-0.1, -0.05) is 0 Å². The Balaban J connectivity index is 2.38. The van der Waals surface area contributed by atoms with Crippen molar-refractivity contribution in [3.05, 3.63) is 53.8 Å². The fourth-order valence-corrected chi connectivity index (χ4v) is 2.49. The molecule has 0 heterocycles. The molecule has 8 heteroatoms. The summed E-state index contributed by atoms with van der Waals surface area (Å²) in [5.74, 6) is 5.52. The maximum absolute atomic E-state index is 13.0. The molecule has 0 aliphatic rings. The highest BCUT2D eigenvalue weighted by Crippen LogP contribution is 2.26. The van der Waals surface area contributed by atoms with Gasteiger partial charge in [0.2, 0.25) is 0 Å². The maximum Gasteiger partial charge on any atom is 0.154 e. The SMILES string of the molecule is CNSc1ccc(Nc2ccc(F)cc2)c(/C(N)=N/N(C)N)c1. The summed E-state index contributed by atoms with van der Waals surface area (Å²) in [7, 11) is 3.42. The normalized spacial score (nSPS) is 11.4. The molecular weight excluding hydrogens is 315 g/mol. The van der Waals surface area contributed by atoms with E-state index >= 15 is 0 Å². The molecule has 0 bridgehead atoms. The van der Waals surface area contributed by atoms with Gasteiger partial charge in [-0.3, -0.25) is 4.72 Å². The van der Waals surface area contributed by atoms with Gasteiger partial charge in [-0.15, -0.1) is 5.10 Å². The van der Waals surface area contributed by atoms with Gasteiger partial charge in [0.1, 0.15) is 5.82 Å². The van der Waals surface area contributed by atoms with E-state index in [0.29, 0.717) is 5.56 Å². The van der Waals surface area contributed by atoms with Crippen molar-refractivity contribution in [2.45, 2.75) is 4.90 Å². The standard InChI is InChI=1S/C15H19FN6S/c1-19-23-12-7-8-14(13(9-12)15(17)21-22(2)18)20-11-5-3-10(16)4-6-11/h3-9,19-20H,18H2,1-2H3,(H2,17,21). The van der Waals surface area contributed by atoms with Crippen LogP contribution in [-0.4, -0.2) is 25.0 Å². The van der Waals surface area contributed by atoms with Crippen LogP contribution in [0.25, 0.3) is 0 Å². The number of anilines is 2. The second-order valence-electron chi connectivity index (χ2n) is 4.70. The highest BCUT2D eigenvalue weighted by molar-refractivity contribution is 7.97. The van der Waals surface area contributed by atoms with E-state index in [1.54, 1.807) is 19.2 Å². The van der Waals surface area contributed by atoms with Crippen LogP contribution in [0.5, 0.6) is 0 Å². The summed E-state index contributed by atoms with van der Waals surface area (Å²) < 4.78 is 16.0. The van der Waals surface area contributed by atoms with E-state index in [1.807, 2.05) is 25.2 Å². The lowest BCUT2D eigenvalue weighted by atomic mass is 10.1. The van der Waals surface area contributed by atoms with Crippen molar-refractivity contribution in [2.75, 3.05) is 19.4 Å². The Morgan fingerprint density at radius 1 is 1.22 bits per heavy atom. The molecule has 23 heavy (non-hydrogen) atoms. The zero-order valence-electron chi connectivity index (χ0n) is 12.9. The van der Waals surface area contributed by atoms with Gasteiger partial charge in [0.15, 0.2) is 5.84 Å². The summed E-state index contributed by atoms with van der Waals surface area (Å²) >= 11 is 1.46. The Labute approximate surface area is 138 Å². The lowest BCUT2D eigenvalue weighted by Crippen LogP contribution is -2.26. The number of nitrogens with zero attached hydrogens (tertiary/aromatic N) is 2. The van der Waals surface area contributed by atoms with Crippen LogP contribution in [0.15, 0.2) is 52.5 Å². The van der Waals surface area contributed by atoms with Crippen molar-refractivity contribution < 1.29 is 4.39 Å². The third-order valence-electron chi connectivity index (χ3n) is 2.88. The number of halogens is 1. The number of benzene rings is 2. The van der Waals surface area contributed by atoms with Crippen LogP contribution in [0.2, 0.25) is 0 Å². The van der Waals surface area contributed by atoms with Crippen molar-refractivity contribution in [2.24, 2.45) is 16.7 Å². The Morgan fingerprint density at radius 2 is 1.91 bits per heavy atom. The van der Waals surface area contributed by atoms with Crippen LogP contribution in [-0.2, 0) is 0 Å². The first kappa shape index (κ1) is 17.1. The van der Waals surface area contributed by atoms with Crippen LogP contribution < -0.4 is 21.6 Å². The number of amidine groups is 1. The van der Waals surface area contributed by atoms with Gasteiger partial charge in [-0.05, 0) is 61.5 Å². The third-order valence-corrected chi connectivity index (χ3v) is 3.57. The lowest BCUT2D eigenvalue weighted by molar-refractivity contribution is 0.371. The highest BCUT2D eigenvalue weighted by atomic mass is 32.2. The molecule has 2 aromatic carbocycles. The van der Waals surface area contributed by atoms with E-state index in [0.717, 1.165) is 21.4 Å². The van der Waals surface area contributed by atoms with Crippen LogP contribution in [0.4, 0.5) is 15.8 Å². The fourth-order valence-electron chi connectivity index (χ4n) is 1.94. The maximum atomic E-state index is 13.0. The van der Waals surface area contributed by atoms with Crippen LogP contribution in [0, 0.1) is 5.82 Å². The molecule has 0 spiro atoms. The molecule has 6 nitrogen and oxygen atoms in total. The van der Waals surface area contributed by atoms with Crippen LogP contribution >= 0.6 is 11.9 Å². The molecule has 0 saturated heterocycles. The third kappa shape index (κ3) is 4.85. The molecule has 2 rings (SSSR count). The molecule has 0 fully saturated rings. The molecule has 2 aromatic rings. The minimum absolute atomic E-state index is 0.276. The first-order valence-corrected chi connectivity index (χ1v) is 7.64. The Morgan fingerprint density at radius 3 is 2.52 bits per heavy atom. The van der Waals surface area contributed by atoms with Crippen LogP contribution in [0.3, 0.4) is 0 Å². The average molecular weight is 334 g/mol. The largest absolute Gasteiger partial charge is 0.382 e. The van der Waals surface area contributed by atoms with Gasteiger partial charge in [0, 0.05) is 28.9 Å². The first-order valence-electron chi connectivity index (χ1n) is 6.82. The van der Waals surface area contributed by atoms with E-state index < -0.39 is 0 Å². The summed E-state index contributed by atoms with van der Waals surface area (Å²) in [4.78, 5) is 0.977. The Bertz CT molecular complexity index is 687. The van der Waals surface area contributed by atoms with Crippen molar-refractivity contribution in [3.8, 4) is 0 Å². The van der Waals surface area contributed by atoms with Gasteiger partial charge < -0.3 is 11.1 Å². The number of hydrazone groups is 1. The van der Waals surface area contributed by atoms with Crippen molar-refractivity contribution in [3.63, 3.8) is 0 Å². The fraction of sp³-hybridized carbons (Fsp3) is 0.133. The summed E-state index contributed by atoms with van der Waals surface area (Å²) in [5.41, 5.74) is 8.24. The number of hydrogen-bond donors (Lipinski definition) is 4. The molecule has 0 aliphatic carbocycles. The van der Waals surface area contributed by atoms with Crippen molar-refractivity contribution in [1.82, 2.24) is 9.84 Å². The van der Waals surface area contributed by atoms with Crippen molar-refractivity contribution in [1.29, 1.82) is 0 Å². The number of nitrogens with two attached hydrogens (primary N) is 2. The van der Waals surface area contributed by atoms with Gasteiger partial charge in [0.25, 0.3) is 0 Å². The molecular formula is C15H19FN6S. The number of rotatable bonds is 6. The first-order chi connectivity index (χ1) is 11.0. The Kier molecular flexibility index (Phi) is 5.80. The molecule has 122 valence electrons. The van der Waals surface area contributed by atoms with Crippen LogP contribution in [0.1, 0.15) is 5.56 Å². The average Bonchev–Trinajstić information content (AvgIpc) is 2.50. The monoisotopic (exact) mass is 334 g/mol. The van der Waals surface area contributed by atoms with E-state index in [9.17, 15) is 4.39 Å². The number of hydrazine groups is 1. The van der Waals surface area contributed by atoms with E-state index in [1.165, 1.54) is 24.1 Å². The topological polar surface area (TPSA) is 91.7 Å². The predicted molar refractivity (Wildman–Crippen MR) is 93.7 cm³/mol. The molecule has 6 N–H and O–H groups in total. The lowest BCUT2D eigenvalue weighted by Gasteiger charge is -2.14. The predicted octanol–water partition coefficient (Wildman–Crippen LogP) is 2.22. The van der Waals surface area contributed by atoms with Gasteiger partial charge in [0.05, 0.1) is 0 Å². The second kappa shape index (κ2) is 7.82. The molecule has 0 aliphatic heterocycles. The molecule has 0 amide bonds. The van der Waals surface area contributed by atoms with E-state index in [2.05, 4.69) is 15.1 Å². The number of hydrogen-bond acceptors (Lipinski definition) is 6.